The Balaban J connectivity index is 2.22. The van der Waals surface area contributed by atoms with Crippen LogP contribution in [0, 0.1) is 17.3 Å². The zero-order valence-corrected chi connectivity index (χ0v) is 13.4. The molecule has 19 heavy (non-hydrogen) atoms. The lowest BCUT2D eigenvalue weighted by molar-refractivity contribution is -0.127. The molecule has 0 radical (unpaired) electrons. The molecule has 1 amide bonds. The Morgan fingerprint density at radius 3 is 2.74 bits per heavy atom. The predicted molar refractivity (Wildman–Crippen MR) is 82.3 cm³/mol. The van der Waals surface area contributed by atoms with E-state index in [1.807, 2.05) is 0 Å². The molecule has 0 spiro atoms. The minimum Gasteiger partial charge on any atom is -0.396 e. The molecule has 0 aromatic heterocycles. The van der Waals surface area contributed by atoms with Crippen molar-refractivity contribution in [2.45, 2.75) is 46.5 Å². The van der Waals surface area contributed by atoms with Gasteiger partial charge < -0.3 is 10.4 Å². The van der Waals surface area contributed by atoms with E-state index < -0.39 is 0 Å². The molecule has 0 saturated heterocycles. The van der Waals surface area contributed by atoms with Crippen molar-refractivity contribution in [1.82, 2.24) is 5.32 Å². The molecule has 0 aromatic carbocycles. The molecule has 112 valence electrons. The Bertz CT molecular complexity index is 281. The first-order valence-corrected chi connectivity index (χ1v) is 8.56. The van der Waals surface area contributed by atoms with E-state index in [-0.39, 0.29) is 18.4 Å². The summed E-state index contributed by atoms with van der Waals surface area (Å²) < 4.78 is 0. The highest BCUT2D eigenvalue weighted by Gasteiger charge is 2.35. The number of carbonyl (C=O) groups is 1. The second kappa shape index (κ2) is 8.15. The lowest BCUT2D eigenvalue weighted by atomic mass is 9.68. The van der Waals surface area contributed by atoms with Crippen LogP contribution in [0.5, 0.6) is 0 Å². The zero-order chi connectivity index (χ0) is 14.3. The van der Waals surface area contributed by atoms with Crippen molar-refractivity contribution < 1.29 is 9.90 Å². The number of thioether (sulfide) groups is 1. The van der Waals surface area contributed by atoms with Crippen LogP contribution < -0.4 is 5.32 Å². The van der Waals surface area contributed by atoms with Gasteiger partial charge in [-0.05, 0) is 42.8 Å². The van der Waals surface area contributed by atoms with Gasteiger partial charge in [0.1, 0.15) is 0 Å². The molecule has 1 rings (SSSR count). The maximum Gasteiger partial charge on any atom is 0.223 e. The average molecular weight is 287 g/mol. The standard InChI is InChI=1S/C15H29NO2S/c1-12-9-13(11-15(2,3)10-12)14(18)16-5-8-19-7-4-6-17/h12-13,17H,4-11H2,1-3H3,(H,16,18). The maximum atomic E-state index is 12.2. The Hall–Kier alpha value is -0.220. The van der Waals surface area contributed by atoms with Gasteiger partial charge in [-0.3, -0.25) is 4.79 Å². The molecule has 0 heterocycles. The Morgan fingerprint density at radius 1 is 1.37 bits per heavy atom. The summed E-state index contributed by atoms with van der Waals surface area (Å²) in [5, 5.41) is 11.7. The summed E-state index contributed by atoms with van der Waals surface area (Å²) in [5.41, 5.74) is 0.301. The Kier molecular flexibility index (Phi) is 7.22. The van der Waals surface area contributed by atoms with Gasteiger partial charge in [-0.15, -0.1) is 0 Å². The van der Waals surface area contributed by atoms with Gasteiger partial charge in [0.15, 0.2) is 0 Å². The van der Waals surface area contributed by atoms with Crippen molar-refractivity contribution in [3.63, 3.8) is 0 Å². The van der Waals surface area contributed by atoms with Crippen molar-refractivity contribution in [1.29, 1.82) is 0 Å². The Labute approximate surface area is 121 Å². The third-order valence-corrected chi connectivity index (χ3v) is 4.82. The molecular weight excluding hydrogens is 258 g/mol. The zero-order valence-electron chi connectivity index (χ0n) is 12.6. The van der Waals surface area contributed by atoms with Crippen LogP contribution in [-0.4, -0.2) is 35.7 Å². The van der Waals surface area contributed by atoms with Crippen molar-refractivity contribution >= 4 is 17.7 Å². The van der Waals surface area contributed by atoms with Gasteiger partial charge in [-0.25, -0.2) is 0 Å². The summed E-state index contributed by atoms with van der Waals surface area (Å²) in [6.45, 7) is 7.81. The SMILES string of the molecule is CC1CC(C(=O)NCCSCCCO)CC(C)(C)C1. The summed E-state index contributed by atoms with van der Waals surface area (Å²) in [6, 6.07) is 0. The Morgan fingerprint density at radius 2 is 2.11 bits per heavy atom. The van der Waals surface area contributed by atoms with E-state index in [9.17, 15) is 4.79 Å². The largest absolute Gasteiger partial charge is 0.396 e. The van der Waals surface area contributed by atoms with Crippen LogP contribution in [0.1, 0.15) is 46.5 Å². The number of amides is 1. The second-order valence-corrected chi connectivity index (χ2v) is 7.82. The fraction of sp³-hybridized carbons (Fsp3) is 0.933. The lowest BCUT2D eigenvalue weighted by Crippen LogP contribution is -2.39. The van der Waals surface area contributed by atoms with Gasteiger partial charge in [0, 0.05) is 24.8 Å². The highest BCUT2D eigenvalue weighted by molar-refractivity contribution is 7.99. The maximum absolute atomic E-state index is 12.2. The highest BCUT2D eigenvalue weighted by atomic mass is 32.2. The quantitative estimate of drug-likeness (QED) is 0.708. The van der Waals surface area contributed by atoms with Crippen molar-refractivity contribution in [3.8, 4) is 0 Å². The first kappa shape index (κ1) is 16.8. The molecular formula is C15H29NO2S. The topological polar surface area (TPSA) is 49.3 Å². The number of rotatable bonds is 7. The molecule has 2 unspecified atom stereocenters. The minimum atomic E-state index is 0.196. The molecule has 0 aromatic rings. The first-order valence-electron chi connectivity index (χ1n) is 7.41. The van der Waals surface area contributed by atoms with Gasteiger partial charge in [-0.2, -0.15) is 11.8 Å². The van der Waals surface area contributed by atoms with E-state index in [0.29, 0.717) is 11.3 Å². The predicted octanol–water partition coefficient (Wildman–Crippen LogP) is 2.68. The summed E-state index contributed by atoms with van der Waals surface area (Å²) in [7, 11) is 0. The van der Waals surface area contributed by atoms with Crippen molar-refractivity contribution in [2.75, 3.05) is 24.7 Å². The molecule has 0 aliphatic heterocycles. The molecule has 1 saturated carbocycles. The van der Waals surface area contributed by atoms with E-state index in [1.165, 1.54) is 6.42 Å². The lowest BCUT2D eigenvalue weighted by Gasteiger charge is -2.38. The highest BCUT2D eigenvalue weighted by Crippen LogP contribution is 2.41. The normalized spacial score (nSPS) is 26.1. The molecule has 1 aliphatic carbocycles. The van der Waals surface area contributed by atoms with Crippen molar-refractivity contribution in [3.05, 3.63) is 0 Å². The van der Waals surface area contributed by atoms with Crippen LogP contribution in [0.25, 0.3) is 0 Å². The van der Waals surface area contributed by atoms with Crippen LogP contribution in [0.3, 0.4) is 0 Å². The van der Waals surface area contributed by atoms with Crippen molar-refractivity contribution in [2.24, 2.45) is 17.3 Å². The molecule has 3 nitrogen and oxygen atoms in total. The molecule has 1 aliphatic rings. The third kappa shape index (κ3) is 6.66. The van der Waals surface area contributed by atoms with Gasteiger partial charge in [0.25, 0.3) is 0 Å². The van der Waals surface area contributed by atoms with Crippen LogP contribution in [0.4, 0.5) is 0 Å². The smallest absolute Gasteiger partial charge is 0.223 e. The van der Waals surface area contributed by atoms with E-state index in [0.717, 1.165) is 37.3 Å². The molecule has 0 bridgehead atoms. The first-order chi connectivity index (χ1) is 8.94. The minimum absolute atomic E-state index is 0.196. The monoisotopic (exact) mass is 287 g/mol. The summed E-state index contributed by atoms with van der Waals surface area (Å²) >= 11 is 1.79. The number of aliphatic hydroxyl groups excluding tert-OH is 1. The summed E-state index contributed by atoms with van der Waals surface area (Å²) in [4.78, 5) is 12.2. The second-order valence-electron chi connectivity index (χ2n) is 6.59. The van der Waals surface area contributed by atoms with Gasteiger partial charge in [0.2, 0.25) is 5.91 Å². The number of aliphatic hydroxyl groups is 1. The molecule has 2 atom stereocenters. The molecule has 2 N–H and O–H groups in total. The fourth-order valence-electron chi connectivity index (χ4n) is 3.21. The average Bonchev–Trinajstić information content (AvgIpc) is 2.30. The van der Waals surface area contributed by atoms with Crippen LogP contribution >= 0.6 is 11.8 Å². The van der Waals surface area contributed by atoms with Crippen LogP contribution in [0.15, 0.2) is 0 Å². The van der Waals surface area contributed by atoms with Gasteiger partial charge in [-0.1, -0.05) is 20.8 Å². The number of hydrogen-bond donors (Lipinski definition) is 2. The summed E-state index contributed by atoms with van der Waals surface area (Å²) in [6.07, 6.45) is 4.12. The van der Waals surface area contributed by atoms with Gasteiger partial charge in [0.05, 0.1) is 0 Å². The van der Waals surface area contributed by atoms with Crippen LogP contribution in [0.2, 0.25) is 0 Å². The molecule has 4 heteroatoms. The number of nitrogens with one attached hydrogen (secondary N) is 1. The van der Waals surface area contributed by atoms with E-state index in [4.69, 9.17) is 5.11 Å². The van der Waals surface area contributed by atoms with Gasteiger partial charge >= 0.3 is 0 Å². The summed E-state index contributed by atoms with van der Waals surface area (Å²) in [5.74, 6) is 3.00. The third-order valence-electron chi connectivity index (χ3n) is 3.75. The number of carbonyl (C=O) groups excluding carboxylic acids is 1. The van der Waals surface area contributed by atoms with E-state index in [1.54, 1.807) is 11.8 Å². The van der Waals surface area contributed by atoms with E-state index in [2.05, 4.69) is 26.1 Å². The molecule has 1 fully saturated rings. The number of hydrogen-bond acceptors (Lipinski definition) is 3. The van der Waals surface area contributed by atoms with Crippen LogP contribution in [-0.2, 0) is 4.79 Å². The fourth-order valence-corrected chi connectivity index (χ4v) is 3.99. The van der Waals surface area contributed by atoms with E-state index >= 15 is 0 Å².